The standard InChI is InChI=1S/C16H21NO4/c1-2-12-6-3-4-8-14(12)21-11-15(18)17-9-5-7-13(10-17)16(19)20/h3-4,6,8,13H,2,5,7,9-11H2,1H3,(H,19,20). The minimum atomic E-state index is -0.829. The number of hydrogen-bond donors (Lipinski definition) is 1. The van der Waals surface area contributed by atoms with Crippen LogP contribution in [0.25, 0.3) is 0 Å². The number of ether oxygens (including phenoxy) is 1. The Bertz CT molecular complexity index is 515. The van der Waals surface area contributed by atoms with E-state index in [9.17, 15) is 9.59 Å². The number of carbonyl (C=O) groups excluding carboxylic acids is 1. The molecule has 1 fully saturated rings. The molecule has 1 heterocycles. The number of rotatable bonds is 5. The first-order chi connectivity index (χ1) is 10.1. The highest BCUT2D eigenvalue weighted by atomic mass is 16.5. The number of carboxylic acid groups (broad SMARTS) is 1. The fourth-order valence-electron chi connectivity index (χ4n) is 2.57. The van der Waals surface area contributed by atoms with Gasteiger partial charge in [-0.1, -0.05) is 25.1 Å². The van der Waals surface area contributed by atoms with E-state index in [1.54, 1.807) is 4.90 Å². The Kier molecular flexibility index (Phi) is 5.20. The molecule has 1 atom stereocenters. The number of carbonyl (C=O) groups is 2. The lowest BCUT2D eigenvalue weighted by atomic mass is 9.98. The second kappa shape index (κ2) is 7.11. The maximum absolute atomic E-state index is 12.1. The fraction of sp³-hybridized carbons (Fsp3) is 0.500. The van der Waals surface area contributed by atoms with Crippen LogP contribution in [0.2, 0.25) is 0 Å². The molecule has 0 radical (unpaired) electrons. The third-order valence-corrected chi connectivity index (χ3v) is 3.83. The highest BCUT2D eigenvalue weighted by Crippen LogP contribution is 2.20. The van der Waals surface area contributed by atoms with E-state index in [-0.39, 0.29) is 19.1 Å². The summed E-state index contributed by atoms with van der Waals surface area (Å²) in [5.74, 6) is -0.706. The first-order valence-corrected chi connectivity index (χ1v) is 7.33. The summed E-state index contributed by atoms with van der Waals surface area (Å²) in [4.78, 5) is 24.8. The Morgan fingerprint density at radius 1 is 1.38 bits per heavy atom. The van der Waals surface area contributed by atoms with Crippen LogP contribution >= 0.6 is 0 Å². The van der Waals surface area contributed by atoms with Crippen molar-refractivity contribution >= 4 is 11.9 Å². The molecular weight excluding hydrogens is 270 g/mol. The molecule has 1 N–H and O–H groups in total. The van der Waals surface area contributed by atoms with Crippen LogP contribution < -0.4 is 4.74 Å². The minimum absolute atomic E-state index is 0.0383. The van der Waals surface area contributed by atoms with Crippen molar-refractivity contribution in [2.24, 2.45) is 5.92 Å². The van der Waals surface area contributed by atoms with Crippen molar-refractivity contribution in [1.82, 2.24) is 4.90 Å². The van der Waals surface area contributed by atoms with Gasteiger partial charge < -0.3 is 14.7 Å². The molecule has 5 heteroatoms. The highest BCUT2D eigenvalue weighted by Gasteiger charge is 2.28. The first kappa shape index (κ1) is 15.4. The van der Waals surface area contributed by atoms with Gasteiger partial charge in [-0.25, -0.2) is 0 Å². The van der Waals surface area contributed by atoms with Gasteiger partial charge in [0.15, 0.2) is 6.61 Å². The minimum Gasteiger partial charge on any atom is -0.483 e. The molecule has 1 amide bonds. The van der Waals surface area contributed by atoms with Crippen LogP contribution in [-0.4, -0.2) is 41.6 Å². The first-order valence-electron chi connectivity index (χ1n) is 7.33. The monoisotopic (exact) mass is 291 g/mol. The Balaban J connectivity index is 1.91. The molecule has 2 rings (SSSR count). The molecule has 1 aromatic carbocycles. The van der Waals surface area contributed by atoms with E-state index in [1.165, 1.54) is 0 Å². The number of piperidine rings is 1. The number of para-hydroxylation sites is 1. The maximum atomic E-state index is 12.1. The Morgan fingerprint density at radius 3 is 2.86 bits per heavy atom. The average Bonchev–Trinajstić information content (AvgIpc) is 2.52. The summed E-state index contributed by atoms with van der Waals surface area (Å²) < 4.78 is 5.60. The van der Waals surface area contributed by atoms with Crippen LogP contribution in [0.15, 0.2) is 24.3 Å². The number of likely N-dealkylation sites (tertiary alicyclic amines) is 1. The summed E-state index contributed by atoms with van der Waals surface area (Å²) in [5.41, 5.74) is 1.06. The number of aliphatic carboxylic acids is 1. The molecule has 0 bridgehead atoms. The van der Waals surface area contributed by atoms with Crippen LogP contribution in [0.1, 0.15) is 25.3 Å². The van der Waals surface area contributed by atoms with Gasteiger partial charge in [0.2, 0.25) is 0 Å². The van der Waals surface area contributed by atoms with E-state index in [0.717, 1.165) is 24.2 Å². The van der Waals surface area contributed by atoms with Crippen molar-refractivity contribution in [3.05, 3.63) is 29.8 Å². The zero-order valence-electron chi connectivity index (χ0n) is 12.2. The second-order valence-corrected chi connectivity index (χ2v) is 5.27. The van der Waals surface area contributed by atoms with Crippen molar-refractivity contribution < 1.29 is 19.4 Å². The van der Waals surface area contributed by atoms with E-state index >= 15 is 0 Å². The highest BCUT2D eigenvalue weighted by molar-refractivity contribution is 5.79. The molecule has 1 unspecified atom stereocenters. The molecular formula is C16H21NO4. The van der Waals surface area contributed by atoms with Crippen molar-refractivity contribution in [1.29, 1.82) is 0 Å². The van der Waals surface area contributed by atoms with Crippen LogP contribution in [0.4, 0.5) is 0 Å². The van der Waals surface area contributed by atoms with Gasteiger partial charge in [-0.3, -0.25) is 9.59 Å². The molecule has 5 nitrogen and oxygen atoms in total. The van der Waals surface area contributed by atoms with Gasteiger partial charge in [0, 0.05) is 13.1 Å². The van der Waals surface area contributed by atoms with Gasteiger partial charge in [0.1, 0.15) is 5.75 Å². The maximum Gasteiger partial charge on any atom is 0.308 e. The van der Waals surface area contributed by atoms with Crippen LogP contribution in [0, 0.1) is 5.92 Å². The summed E-state index contributed by atoms with van der Waals surface area (Å²) in [7, 11) is 0. The zero-order chi connectivity index (χ0) is 15.2. The molecule has 0 aromatic heterocycles. The number of amides is 1. The van der Waals surface area contributed by atoms with Gasteiger partial charge in [0.25, 0.3) is 5.91 Å². The van der Waals surface area contributed by atoms with Gasteiger partial charge in [-0.05, 0) is 30.9 Å². The van der Waals surface area contributed by atoms with Crippen molar-refractivity contribution in [2.45, 2.75) is 26.2 Å². The smallest absolute Gasteiger partial charge is 0.308 e. The van der Waals surface area contributed by atoms with E-state index in [4.69, 9.17) is 9.84 Å². The second-order valence-electron chi connectivity index (χ2n) is 5.27. The average molecular weight is 291 g/mol. The summed E-state index contributed by atoms with van der Waals surface area (Å²) >= 11 is 0. The van der Waals surface area contributed by atoms with Crippen molar-refractivity contribution in [3.8, 4) is 5.75 Å². The third kappa shape index (κ3) is 3.97. The lowest BCUT2D eigenvalue weighted by Gasteiger charge is -2.30. The summed E-state index contributed by atoms with van der Waals surface area (Å²) in [5, 5.41) is 9.04. The number of hydrogen-bond acceptors (Lipinski definition) is 3. The SMILES string of the molecule is CCc1ccccc1OCC(=O)N1CCCC(C(=O)O)C1. The summed E-state index contributed by atoms with van der Waals surface area (Å²) in [6, 6.07) is 7.64. The zero-order valence-corrected chi connectivity index (χ0v) is 12.2. The molecule has 1 aromatic rings. The fourth-order valence-corrected chi connectivity index (χ4v) is 2.57. The van der Waals surface area contributed by atoms with Crippen LogP contribution in [0.3, 0.4) is 0 Å². The largest absolute Gasteiger partial charge is 0.483 e. The number of aryl methyl sites for hydroxylation is 1. The lowest BCUT2D eigenvalue weighted by molar-refractivity contribution is -0.146. The summed E-state index contributed by atoms with van der Waals surface area (Å²) in [6.45, 7) is 2.89. The van der Waals surface area contributed by atoms with Crippen LogP contribution in [-0.2, 0) is 16.0 Å². The Labute approximate surface area is 124 Å². The summed E-state index contributed by atoms with van der Waals surface area (Å²) in [6.07, 6.45) is 2.21. The van der Waals surface area contributed by atoms with Crippen LogP contribution in [0.5, 0.6) is 5.75 Å². The van der Waals surface area contributed by atoms with Gasteiger partial charge in [0.05, 0.1) is 5.92 Å². The Morgan fingerprint density at radius 2 is 2.14 bits per heavy atom. The predicted molar refractivity (Wildman–Crippen MR) is 78.3 cm³/mol. The molecule has 0 aliphatic carbocycles. The molecule has 0 saturated carbocycles. The molecule has 21 heavy (non-hydrogen) atoms. The number of nitrogens with zero attached hydrogens (tertiary/aromatic N) is 1. The molecule has 0 spiro atoms. The van der Waals surface area contributed by atoms with E-state index < -0.39 is 11.9 Å². The quantitative estimate of drug-likeness (QED) is 0.900. The normalized spacial score (nSPS) is 18.3. The third-order valence-electron chi connectivity index (χ3n) is 3.83. The van der Waals surface area contributed by atoms with Gasteiger partial charge >= 0.3 is 5.97 Å². The topological polar surface area (TPSA) is 66.8 Å². The number of carboxylic acids is 1. The van der Waals surface area contributed by atoms with Crippen molar-refractivity contribution in [2.75, 3.05) is 19.7 Å². The molecule has 1 aliphatic heterocycles. The Hall–Kier alpha value is -2.04. The van der Waals surface area contributed by atoms with E-state index in [0.29, 0.717) is 13.0 Å². The van der Waals surface area contributed by atoms with E-state index in [1.807, 2.05) is 31.2 Å². The molecule has 114 valence electrons. The van der Waals surface area contributed by atoms with Gasteiger partial charge in [-0.15, -0.1) is 0 Å². The predicted octanol–water partition coefficient (Wildman–Crippen LogP) is 1.95. The van der Waals surface area contributed by atoms with Gasteiger partial charge in [-0.2, -0.15) is 0 Å². The lowest BCUT2D eigenvalue weighted by Crippen LogP contribution is -2.44. The number of benzene rings is 1. The van der Waals surface area contributed by atoms with E-state index in [2.05, 4.69) is 0 Å². The van der Waals surface area contributed by atoms with Crippen molar-refractivity contribution in [3.63, 3.8) is 0 Å². The molecule has 1 aliphatic rings. The molecule has 1 saturated heterocycles.